The van der Waals surface area contributed by atoms with E-state index in [0.717, 1.165) is 48.6 Å². The maximum absolute atomic E-state index is 11.3. The highest BCUT2D eigenvalue weighted by atomic mass is 32.1. The Balaban J connectivity index is 1.81. The Kier molecular flexibility index (Phi) is 3.48. The predicted molar refractivity (Wildman–Crippen MR) is 76.1 cm³/mol. The van der Waals surface area contributed by atoms with Crippen LogP contribution in [0, 0.1) is 11.8 Å². The Labute approximate surface area is 117 Å². The van der Waals surface area contributed by atoms with Gasteiger partial charge in [0.15, 0.2) is 5.13 Å². The third kappa shape index (κ3) is 2.36. The number of carboxylic acids is 1. The van der Waals surface area contributed by atoms with Crippen molar-refractivity contribution in [2.45, 2.75) is 39.0 Å². The first-order valence-corrected chi connectivity index (χ1v) is 7.98. The Bertz CT molecular complexity index is 474. The van der Waals surface area contributed by atoms with Gasteiger partial charge in [-0.3, -0.25) is 0 Å². The van der Waals surface area contributed by atoms with Crippen molar-refractivity contribution in [3.05, 3.63) is 10.6 Å². The molecule has 1 saturated carbocycles. The number of nitrogens with zero attached hydrogens (tertiary/aromatic N) is 2. The standard InChI is InChI=1S/C14H20N2O2S/c1-2-4-11-12(13(17)18)19-14(15-11)16-7-9-5-3-6-10(9)8-16/h9-10H,2-8H2,1H3,(H,17,18). The molecule has 1 N–H and O–H groups in total. The first-order chi connectivity index (χ1) is 9.19. The monoisotopic (exact) mass is 280 g/mol. The van der Waals surface area contributed by atoms with Gasteiger partial charge in [0.05, 0.1) is 5.69 Å². The van der Waals surface area contributed by atoms with E-state index in [2.05, 4.69) is 16.8 Å². The van der Waals surface area contributed by atoms with E-state index in [1.54, 1.807) is 0 Å². The Morgan fingerprint density at radius 2 is 2.11 bits per heavy atom. The molecule has 2 unspecified atom stereocenters. The molecule has 0 amide bonds. The third-order valence-electron chi connectivity index (χ3n) is 4.36. The summed E-state index contributed by atoms with van der Waals surface area (Å²) < 4.78 is 0. The summed E-state index contributed by atoms with van der Waals surface area (Å²) in [5.41, 5.74) is 0.770. The molecule has 0 bridgehead atoms. The number of hydrogen-bond donors (Lipinski definition) is 1. The minimum Gasteiger partial charge on any atom is -0.477 e. The number of thiazole rings is 1. The molecule has 5 heteroatoms. The third-order valence-corrected chi connectivity index (χ3v) is 5.51. The Morgan fingerprint density at radius 3 is 2.68 bits per heavy atom. The number of aromatic carboxylic acids is 1. The molecule has 0 aromatic carbocycles. The fourth-order valence-corrected chi connectivity index (χ4v) is 4.41. The second kappa shape index (κ2) is 5.12. The van der Waals surface area contributed by atoms with E-state index < -0.39 is 5.97 Å². The van der Waals surface area contributed by atoms with Crippen LogP contribution in [0.2, 0.25) is 0 Å². The molecular formula is C14H20N2O2S. The molecule has 19 heavy (non-hydrogen) atoms. The van der Waals surface area contributed by atoms with Crippen molar-refractivity contribution in [3.63, 3.8) is 0 Å². The number of carboxylic acid groups (broad SMARTS) is 1. The summed E-state index contributed by atoms with van der Waals surface area (Å²) in [6.45, 7) is 4.20. The van der Waals surface area contributed by atoms with E-state index in [1.807, 2.05) is 0 Å². The number of hydrogen-bond acceptors (Lipinski definition) is 4. The molecule has 1 saturated heterocycles. The van der Waals surface area contributed by atoms with Crippen LogP contribution in [0.4, 0.5) is 5.13 Å². The average molecular weight is 280 g/mol. The van der Waals surface area contributed by atoms with Crippen molar-refractivity contribution < 1.29 is 9.90 Å². The number of rotatable bonds is 4. The quantitative estimate of drug-likeness (QED) is 0.921. The lowest BCUT2D eigenvalue weighted by molar-refractivity contribution is 0.0700. The van der Waals surface area contributed by atoms with E-state index in [1.165, 1.54) is 30.6 Å². The maximum atomic E-state index is 11.3. The second-order valence-electron chi connectivity index (χ2n) is 5.68. The summed E-state index contributed by atoms with van der Waals surface area (Å²) in [7, 11) is 0. The second-order valence-corrected chi connectivity index (χ2v) is 6.66. The van der Waals surface area contributed by atoms with Crippen molar-refractivity contribution in [2.24, 2.45) is 11.8 Å². The van der Waals surface area contributed by atoms with Crippen LogP contribution in [-0.2, 0) is 6.42 Å². The molecule has 1 aliphatic heterocycles. The van der Waals surface area contributed by atoms with Crippen LogP contribution >= 0.6 is 11.3 Å². The Morgan fingerprint density at radius 1 is 1.42 bits per heavy atom. The van der Waals surface area contributed by atoms with Crippen molar-refractivity contribution in [1.29, 1.82) is 0 Å². The SMILES string of the molecule is CCCc1nc(N2CC3CCCC3C2)sc1C(=O)O. The largest absolute Gasteiger partial charge is 0.477 e. The van der Waals surface area contributed by atoms with Crippen LogP contribution in [-0.4, -0.2) is 29.1 Å². The average Bonchev–Trinajstić information content (AvgIpc) is 2.99. The van der Waals surface area contributed by atoms with E-state index in [0.29, 0.717) is 4.88 Å². The lowest BCUT2D eigenvalue weighted by Gasteiger charge is -2.15. The van der Waals surface area contributed by atoms with Gasteiger partial charge in [0.25, 0.3) is 0 Å². The molecular weight excluding hydrogens is 260 g/mol. The molecule has 1 aliphatic carbocycles. The van der Waals surface area contributed by atoms with Gasteiger partial charge in [-0.05, 0) is 31.1 Å². The lowest BCUT2D eigenvalue weighted by atomic mass is 10.0. The summed E-state index contributed by atoms with van der Waals surface area (Å²) >= 11 is 1.36. The smallest absolute Gasteiger partial charge is 0.347 e. The fourth-order valence-electron chi connectivity index (χ4n) is 3.44. The summed E-state index contributed by atoms with van der Waals surface area (Å²) in [5.74, 6) is 0.796. The van der Waals surface area contributed by atoms with Gasteiger partial charge in [0.2, 0.25) is 0 Å². The van der Waals surface area contributed by atoms with Crippen LogP contribution in [0.25, 0.3) is 0 Å². The van der Waals surface area contributed by atoms with Crippen LogP contribution < -0.4 is 4.90 Å². The topological polar surface area (TPSA) is 53.4 Å². The molecule has 2 heterocycles. The van der Waals surface area contributed by atoms with Crippen LogP contribution in [0.15, 0.2) is 0 Å². The van der Waals surface area contributed by atoms with Crippen molar-refractivity contribution >= 4 is 22.4 Å². The molecule has 0 spiro atoms. The summed E-state index contributed by atoms with van der Waals surface area (Å²) in [6, 6.07) is 0. The molecule has 4 nitrogen and oxygen atoms in total. The zero-order chi connectivity index (χ0) is 13.4. The molecule has 2 aliphatic rings. The maximum Gasteiger partial charge on any atom is 0.347 e. The highest BCUT2D eigenvalue weighted by molar-refractivity contribution is 7.17. The van der Waals surface area contributed by atoms with Gasteiger partial charge in [-0.1, -0.05) is 31.1 Å². The number of fused-ring (bicyclic) bond motifs is 1. The normalized spacial score (nSPS) is 25.8. The van der Waals surface area contributed by atoms with E-state index in [4.69, 9.17) is 0 Å². The number of carbonyl (C=O) groups is 1. The van der Waals surface area contributed by atoms with Gasteiger partial charge >= 0.3 is 5.97 Å². The highest BCUT2D eigenvalue weighted by Crippen LogP contribution is 2.41. The van der Waals surface area contributed by atoms with Gasteiger partial charge in [0.1, 0.15) is 4.88 Å². The Hall–Kier alpha value is -1.10. The van der Waals surface area contributed by atoms with Crippen molar-refractivity contribution in [2.75, 3.05) is 18.0 Å². The zero-order valence-electron chi connectivity index (χ0n) is 11.3. The van der Waals surface area contributed by atoms with E-state index in [9.17, 15) is 9.90 Å². The van der Waals surface area contributed by atoms with Crippen molar-refractivity contribution in [3.8, 4) is 0 Å². The molecule has 0 radical (unpaired) electrons. The first-order valence-electron chi connectivity index (χ1n) is 7.17. The zero-order valence-corrected chi connectivity index (χ0v) is 12.1. The molecule has 3 rings (SSSR count). The van der Waals surface area contributed by atoms with E-state index >= 15 is 0 Å². The van der Waals surface area contributed by atoms with Gasteiger partial charge in [-0.15, -0.1) is 0 Å². The number of aromatic nitrogens is 1. The summed E-state index contributed by atoms with van der Waals surface area (Å²) in [6.07, 6.45) is 5.73. The highest BCUT2D eigenvalue weighted by Gasteiger charge is 2.37. The minimum atomic E-state index is -0.827. The predicted octanol–water partition coefficient (Wildman–Crippen LogP) is 3.03. The number of aryl methyl sites for hydroxylation is 1. The van der Waals surface area contributed by atoms with E-state index in [-0.39, 0.29) is 0 Å². The van der Waals surface area contributed by atoms with Crippen molar-refractivity contribution in [1.82, 2.24) is 4.98 Å². The summed E-state index contributed by atoms with van der Waals surface area (Å²) in [4.78, 5) is 18.6. The van der Waals surface area contributed by atoms with Crippen LogP contribution in [0.1, 0.15) is 48.0 Å². The molecule has 104 valence electrons. The lowest BCUT2D eigenvalue weighted by Crippen LogP contribution is -2.20. The first kappa shape index (κ1) is 12.9. The molecule has 2 fully saturated rings. The van der Waals surface area contributed by atoms with Crippen LogP contribution in [0.3, 0.4) is 0 Å². The molecule has 2 atom stereocenters. The summed E-state index contributed by atoms with van der Waals surface area (Å²) in [5, 5.41) is 10.2. The number of anilines is 1. The molecule has 1 aromatic rings. The van der Waals surface area contributed by atoms with Gasteiger partial charge < -0.3 is 10.0 Å². The fraction of sp³-hybridized carbons (Fsp3) is 0.714. The minimum absolute atomic E-state index is 0.439. The van der Waals surface area contributed by atoms with Gasteiger partial charge in [-0.2, -0.15) is 0 Å². The molecule has 1 aromatic heterocycles. The van der Waals surface area contributed by atoms with Gasteiger partial charge in [0, 0.05) is 13.1 Å². The van der Waals surface area contributed by atoms with Gasteiger partial charge in [-0.25, -0.2) is 9.78 Å². The van der Waals surface area contributed by atoms with Crippen LogP contribution in [0.5, 0.6) is 0 Å².